The third-order valence-electron chi connectivity index (χ3n) is 3.52. The molecule has 0 aliphatic heterocycles. The number of hydrogen-bond donors (Lipinski definition) is 1. The van der Waals surface area contributed by atoms with Gasteiger partial charge in [-0.1, -0.05) is 53.2 Å². The Balaban J connectivity index is 2.23. The van der Waals surface area contributed by atoms with Gasteiger partial charge < -0.3 is 10.1 Å². The molecule has 0 saturated heterocycles. The van der Waals surface area contributed by atoms with E-state index in [9.17, 15) is 0 Å². The van der Waals surface area contributed by atoms with Crippen LogP contribution in [0.1, 0.15) is 44.0 Å². The van der Waals surface area contributed by atoms with Crippen LogP contribution < -0.4 is 10.1 Å². The summed E-state index contributed by atoms with van der Waals surface area (Å²) >= 11 is 3.54. The Kier molecular flexibility index (Phi) is 5.83. The fourth-order valence-electron chi connectivity index (χ4n) is 2.36. The molecule has 3 heteroatoms. The van der Waals surface area contributed by atoms with Gasteiger partial charge in [0.2, 0.25) is 0 Å². The van der Waals surface area contributed by atoms with E-state index < -0.39 is 0 Å². The zero-order valence-electron chi connectivity index (χ0n) is 12.8. The molecule has 2 aromatic rings. The van der Waals surface area contributed by atoms with Crippen LogP contribution in [0.2, 0.25) is 0 Å². The summed E-state index contributed by atoms with van der Waals surface area (Å²) in [6.45, 7) is 7.29. The SMILES string of the molecule is CCNC(C)c1cc(Br)ccc1OC(C)c1ccccc1. The van der Waals surface area contributed by atoms with Gasteiger partial charge in [0.05, 0.1) is 0 Å². The Bertz CT molecular complexity index is 571. The molecule has 112 valence electrons. The van der Waals surface area contributed by atoms with Crippen LogP contribution in [-0.4, -0.2) is 6.54 Å². The molecular formula is C18H22BrNO. The molecule has 2 atom stereocenters. The van der Waals surface area contributed by atoms with E-state index in [0.717, 1.165) is 16.8 Å². The van der Waals surface area contributed by atoms with Crippen LogP contribution in [0.4, 0.5) is 0 Å². The van der Waals surface area contributed by atoms with Gasteiger partial charge in [0.15, 0.2) is 0 Å². The van der Waals surface area contributed by atoms with Crippen molar-refractivity contribution >= 4 is 15.9 Å². The predicted molar refractivity (Wildman–Crippen MR) is 91.7 cm³/mol. The van der Waals surface area contributed by atoms with Gasteiger partial charge in [0, 0.05) is 16.1 Å². The highest BCUT2D eigenvalue weighted by molar-refractivity contribution is 9.10. The lowest BCUT2D eigenvalue weighted by molar-refractivity contribution is 0.223. The van der Waals surface area contributed by atoms with Crippen molar-refractivity contribution in [1.82, 2.24) is 5.32 Å². The zero-order chi connectivity index (χ0) is 15.2. The fourth-order valence-corrected chi connectivity index (χ4v) is 2.74. The van der Waals surface area contributed by atoms with Crippen molar-refractivity contribution in [2.75, 3.05) is 6.54 Å². The minimum atomic E-state index is 0.0277. The van der Waals surface area contributed by atoms with E-state index in [4.69, 9.17) is 4.74 Å². The fraction of sp³-hybridized carbons (Fsp3) is 0.333. The van der Waals surface area contributed by atoms with Crippen molar-refractivity contribution in [2.24, 2.45) is 0 Å². The second-order valence-corrected chi connectivity index (χ2v) is 6.05. The van der Waals surface area contributed by atoms with Crippen LogP contribution in [0.5, 0.6) is 5.75 Å². The number of nitrogens with one attached hydrogen (secondary N) is 1. The molecule has 0 spiro atoms. The summed E-state index contributed by atoms with van der Waals surface area (Å²) in [4.78, 5) is 0. The van der Waals surface area contributed by atoms with Gasteiger partial charge in [-0.25, -0.2) is 0 Å². The summed E-state index contributed by atoms with van der Waals surface area (Å²) in [5.41, 5.74) is 2.36. The minimum Gasteiger partial charge on any atom is -0.486 e. The molecule has 0 bridgehead atoms. The van der Waals surface area contributed by atoms with Crippen LogP contribution in [0, 0.1) is 0 Å². The normalized spacial score (nSPS) is 13.7. The van der Waals surface area contributed by atoms with Gasteiger partial charge in [-0.3, -0.25) is 0 Å². The minimum absolute atomic E-state index is 0.0277. The molecule has 21 heavy (non-hydrogen) atoms. The molecule has 0 radical (unpaired) electrons. The highest BCUT2D eigenvalue weighted by atomic mass is 79.9. The Hall–Kier alpha value is -1.32. The maximum absolute atomic E-state index is 6.19. The van der Waals surface area contributed by atoms with Crippen molar-refractivity contribution < 1.29 is 4.74 Å². The van der Waals surface area contributed by atoms with Crippen LogP contribution in [0.25, 0.3) is 0 Å². The van der Waals surface area contributed by atoms with Crippen molar-refractivity contribution in [3.05, 3.63) is 64.1 Å². The van der Waals surface area contributed by atoms with E-state index in [0.29, 0.717) is 0 Å². The first-order valence-electron chi connectivity index (χ1n) is 7.36. The average molecular weight is 348 g/mol. The van der Waals surface area contributed by atoms with Crippen LogP contribution in [0.3, 0.4) is 0 Å². The molecular weight excluding hydrogens is 326 g/mol. The predicted octanol–water partition coefficient (Wildman–Crippen LogP) is 5.26. The van der Waals surface area contributed by atoms with E-state index in [1.807, 2.05) is 30.3 Å². The Labute approximate surface area is 135 Å². The summed E-state index contributed by atoms with van der Waals surface area (Å²) in [5.74, 6) is 0.933. The number of rotatable bonds is 6. The van der Waals surface area contributed by atoms with Gasteiger partial charge in [0.1, 0.15) is 11.9 Å². The van der Waals surface area contributed by atoms with Gasteiger partial charge in [-0.15, -0.1) is 0 Å². The van der Waals surface area contributed by atoms with Gasteiger partial charge in [0.25, 0.3) is 0 Å². The second-order valence-electron chi connectivity index (χ2n) is 5.13. The van der Waals surface area contributed by atoms with E-state index >= 15 is 0 Å². The molecule has 0 aliphatic rings. The first-order valence-corrected chi connectivity index (χ1v) is 8.15. The number of ether oxygens (including phenoxy) is 1. The number of halogens is 1. The first-order chi connectivity index (χ1) is 10.1. The highest BCUT2D eigenvalue weighted by Crippen LogP contribution is 2.31. The van der Waals surface area contributed by atoms with Crippen molar-refractivity contribution in [3.8, 4) is 5.75 Å². The summed E-state index contributed by atoms with van der Waals surface area (Å²) in [6.07, 6.45) is 0.0277. The molecule has 0 saturated carbocycles. The topological polar surface area (TPSA) is 21.3 Å². The summed E-state index contributed by atoms with van der Waals surface area (Å²) in [6, 6.07) is 16.7. The molecule has 2 unspecified atom stereocenters. The molecule has 0 heterocycles. The summed E-state index contributed by atoms with van der Waals surface area (Å²) < 4.78 is 7.26. The molecule has 0 aromatic heterocycles. The summed E-state index contributed by atoms with van der Waals surface area (Å²) in [7, 11) is 0. The maximum atomic E-state index is 6.19. The standard InChI is InChI=1S/C18H22BrNO/c1-4-20-13(2)17-12-16(19)10-11-18(17)21-14(3)15-8-6-5-7-9-15/h5-14,20H,4H2,1-3H3. The molecule has 1 N–H and O–H groups in total. The summed E-state index contributed by atoms with van der Waals surface area (Å²) in [5, 5.41) is 3.44. The van der Waals surface area contributed by atoms with E-state index in [-0.39, 0.29) is 12.1 Å². The Morgan fingerprint density at radius 2 is 1.81 bits per heavy atom. The lowest BCUT2D eigenvalue weighted by atomic mass is 10.1. The van der Waals surface area contributed by atoms with Gasteiger partial charge >= 0.3 is 0 Å². The second kappa shape index (κ2) is 7.62. The van der Waals surface area contributed by atoms with Crippen molar-refractivity contribution in [3.63, 3.8) is 0 Å². The zero-order valence-corrected chi connectivity index (χ0v) is 14.4. The third kappa shape index (κ3) is 4.32. The molecule has 0 aliphatic carbocycles. The number of hydrogen-bond acceptors (Lipinski definition) is 2. The van der Waals surface area contributed by atoms with Gasteiger partial charge in [-0.2, -0.15) is 0 Å². The third-order valence-corrected chi connectivity index (χ3v) is 4.01. The molecule has 2 rings (SSSR count). The first kappa shape index (κ1) is 16.1. The van der Waals surface area contributed by atoms with Crippen molar-refractivity contribution in [1.29, 1.82) is 0 Å². The molecule has 0 amide bonds. The number of benzene rings is 2. The van der Waals surface area contributed by atoms with Gasteiger partial charge in [-0.05, 0) is 44.2 Å². The molecule has 2 nitrogen and oxygen atoms in total. The van der Waals surface area contributed by atoms with Crippen LogP contribution in [-0.2, 0) is 0 Å². The lowest BCUT2D eigenvalue weighted by Gasteiger charge is -2.21. The molecule has 2 aromatic carbocycles. The smallest absolute Gasteiger partial charge is 0.125 e. The molecule has 0 fully saturated rings. The Morgan fingerprint density at radius 3 is 2.48 bits per heavy atom. The van der Waals surface area contributed by atoms with Crippen LogP contribution >= 0.6 is 15.9 Å². The van der Waals surface area contributed by atoms with Crippen molar-refractivity contribution in [2.45, 2.75) is 32.9 Å². The van der Waals surface area contributed by atoms with Crippen LogP contribution in [0.15, 0.2) is 53.0 Å². The lowest BCUT2D eigenvalue weighted by Crippen LogP contribution is -2.19. The largest absolute Gasteiger partial charge is 0.486 e. The average Bonchev–Trinajstić information content (AvgIpc) is 2.50. The maximum Gasteiger partial charge on any atom is 0.125 e. The highest BCUT2D eigenvalue weighted by Gasteiger charge is 2.14. The van der Waals surface area contributed by atoms with E-state index in [1.54, 1.807) is 0 Å². The monoisotopic (exact) mass is 347 g/mol. The van der Waals surface area contributed by atoms with E-state index in [1.165, 1.54) is 11.1 Å². The van der Waals surface area contributed by atoms with E-state index in [2.05, 4.69) is 60.2 Å². The Morgan fingerprint density at radius 1 is 1.10 bits per heavy atom. The quantitative estimate of drug-likeness (QED) is 0.769.